The van der Waals surface area contributed by atoms with E-state index in [2.05, 4.69) is 35.5 Å². The summed E-state index contributed by atoms with van der Waals surface area (Å²) in [6, 6.07) is 10.5. The number of non-ortho nitro benzene ring substituents is 1. The Bertz CT molecular complexity index is 1330. The molecule has 8 heteroatoms. The number of nitro benzene ring substituents is 1. The molecule has 0 aliphatic rings. The zero-order valence-corrected chi connectivity index (χ0v) is 17.2. The fourth-order valence-corrected chi connectivity index (χ4v) is 5.37. The fourth-order valence-electron chi connectivity index (χ4n) is 3.30. The van der Waals surface area contributed by atoms with Crippen molar-refractivity contribution in [2.75, 3.05) is 0 Å². The number of rotatable bonds is 3. The van der Waals surface area contributed by atoms with Gasteiger partial charge in [-0.1, -0.05) is 17.4 Å². The van der Waals surface area contributed by atoms with Gasteiger partial charge in [0.15, 0.2) is 4.80 Å². The standard InChI is InChI=1S/C20H17N3O3S2/c1-4-22-15-8-11(2)7-12(3)18(15)28-20(22)21-19(24)17-10-13-9-14(23(25)26)5-6-16(13)27-17/h5-10H,4H2,1-3H3. The van der Waals surface area contributed by atoms with Crippen LogP contribution in [0.4, 0.5) is 5.69 Å². The number of nitro groups is 1. The molecule has 0 saturated heterocycles. The highest BCUT2D eigenvalue weighted by Crippen LogP contribution is 2.29. The number of hydrogen-bond donors (Lipinski definition) is 0. The van der Waals surface area contributed by atoms with E-state index in [1.807, 2.05) is 6.92 Å². The van der Waals surface area contributed by atoms with Crippen LogP contribution in [0.2, 0.25) is 0 Å². The van der Waals surface area contributed by atoms with Crippen molar-refractivity contribution in [3.63, 3.8) is 0 Å². The summed E-state index contributed by atoms with van der Waals surface area (Å²) >= 11 is 2.81. The van der Waals surface area contributed by atoms with E-state index in [1.54, 1.807) is 12.1 Å². The molecule has 0 aliphatic carbocycles. The molecule has 0 saturated carbocycles. The van der Waals surface area contributed by atoms with Crippen LogP contribution < -0.4 is 4.80 Å². The van der Waals surface area contributed by atoms with E-state index in [1.165, 1.54) is 45.9 Å². The highest BCUT2D eigenvalue weighted by atomic mass is 32.1. The second kappa shape index (κ2) is 6.96. The molecule has 0 N–H and O–H groups in total. The maximum absolute atomic E-state index is 12.8. The summed E-state index contributed by atoms with van der Waals surface area (Å²) in [4.78, 5) is 28.8. The number of thiazole rings is 1. The average molecular weight is 412 g/mol. The van der Waals surface area contributed by atoms with E-state index < -0.39 is 4.92 Å². The number of aryl methyl sites for hydroxylation is 3. The number of carbonyl (C=O) groups excluding carboxylic acids is 1. The molecular formula is C20H17N3O3S2. The van der Waals surface area contributed by atoms with Gasteiger partial charge in [0.05, 0.1) is 20.0 Å². The Balaban J connectivity index is 1.83. The smallest absolute Gasteiger partial charge is 0.289 e. The van der Waals surface area contributed by atoms with Crippen LogP contribution in [0.3, 0.4) is 0 Å². The van der Waals surface area contributed by atoms with E-state index in [4.69, 9.17) is 0 Å². The van der Waals surface area contributed by atoms with Gasteiger partial charge in [-0.2, -0.15) is 4.99 Å². The van der Waals surface area contributed by atoms with E-state index in [-0.39, 0.29) is 11.6 Å². The third kappa shape index (κ3) is 3.14. The van der Waals surface area contributed by atoms with Gasteiger partial charge in [0.1, 0.15) is 0 Å². The van der Waals surface area contributed by atoms with Crippen molar-refractivity contribution in [2.45, 2.75) is 27.3 Å². The summed E-state index contributed by atoms with van der Waals surface area (Å²) in [5.41, 5.74) is 3.45. The molecule has 4 aromatic rings. The Morgan fingerprint density at radius 3 is 2.68 bits per heavy atom. The Labute approximate surface area is 168 Å². The lowest BCUT2D eigenvalue weighted by Crippen LogP contribution is -2.15. The van der Waals surface area contributed by atoms with Gasteiger partial charge in [0.25, 0.3) is 11.6 Å². The molecule has 0 bridgehead atoms. The first-order valence-electron chi connectivity index (χ1n) is 8.75. The van der Waals surface area contributed by atoms with Crippen molar-refractivity contribution in [3.8, 4) is 0 Å². The Morgan fingerprint density at radius 2 is 1.96 bits per heavy atom. The summed E-state index contributed by atoms with van der Waals surface area (Å²) in [6.45, 7) is 6.87. The van der Waals surface area contributed by atoms with Crippen molar-refractivity contribution in [3.05, 3.63) is 67.3 Å². The van der Waals surface area contributed by atoms with Gasteiger partial charge >= 0.3 is 0 Å². The Morgan fingerprint density at radius 1 is 1.18 bits per heavy atom. The second-order valence-electron chi connectivity index (χ2n) is 6.57. The number of nitrogens with zero attached hydrogens (tertiary/aromatic N) is 3. The van der Waals surface area contributed by atoms with Gasteiger partial charge in [0, 0.05) is 28.8 Å². The molecule has 142 valence electrons. The molecule has 1 amide bonds. The topological polar surface area (TPSA) is 77.5 Å². The molecule has 0 unspecified atom stereocenters. The Kier molecular flexibility index (Phi) is 4.60. The molecule has 2 aromatic heterocycles. The Hall–Kier alpha value is -2.84. The fraction of sp³-hybridized carbons (Fsp3) is 0.200. The van der Waals surface area contributed by atoms with E-state index >= 15 is 0 Å². The number of thiophene rings is 1. The molecule has 0 spiro atoms. The average Bonchev–Trinajstić information content (AvgIpc) is 3.22. The van der Waals surface area contributed by atoms with Crippen LogP contribution in [0.15, 0.2) is 41.4 Å². The monoisotopic (exact) mass is 411 g/mol. The lowest BCUT2D eigenvalue weighted by molar-refractivity contribution is -0.384. The molecular weight excluding hydrogens is 394 g/mol. The van der Waals surface area contributed by atoms with E-state index in [0.29, 0.717) is 21.6 Å². The van der Waals surface area contributed by atoms with Gasteiger partial charge in [-0.05, 0) is 50.1 Å². The number of benzene rings is 2. The predicted molar refractivity (Wildman–Crippen MR) is 113 cm³/mol. The van der Waals surface area contributed by atoms with Gasteiger partial charge < -0.3 is 4.57 Å². The molecule has 2 aromatic carbocycles. The minimum atomic E-state index is -0.436. The second-order valence-corrected chi connectivity index (χ2v) is 8.63. The highest BCUT2D eigenvalue weighted by molar-refractivity contribution is 7.21. The van der Waals surface area contributed by atoms with Gasteiger partial charge in [-0.25, -0.2) is 0 Å². The van der Waals surface area contributed by atoms with Crippen molar-refractivity contribution in [2.24, 2.45) is 4.99 Å². The first-order valence-corrected chi connectivity index (χ1v) is 10.4. The largest absolute Gasteiger partial charge is 0.317 e. The van der Waals surface area contributed by atoms with Crippen LogP contribution in [-0.4, -0.2) is 15.4 Å². The molecule has 0 fully saturated rings. The van der Waals surface area contributed by atoms with Crippen molar-refractivity contribution in [1.82, 2.24) is 4.57 Å². The van der Waals surface area contributed by atoms with Gasteiger partial charge in [0.2, 0.25) is 0 Å². The van der Waals surface area contributed by atoms with Crippen LogP contribution in [0, 0.1) is 24.0 Å². The van der Waals surface area contributed by atoms with Crippen LogP contribution in [0.1, 0.15) is 27.7 Å². The third-order valence-electron chi connectivity index (χ3n) is 4.55. The maximum atomic E-state index is 12.8. The zero-order chi connectivity index (χ0) is 20.0. The normalized spacial score (nSPS) is 12.2. The summed E-state index contributed by atoms with van der Waals surface area (Å²) in [7, 11) is 0. The van der Waals surface area contributed by atoms with Crippen LogP contribution in [0.5, 0.6) is 0 Å². The minimum Gasteiger partial charge on any atom is -0.317 e. The molecule has 2 heterocycles. The lowest BCUT2D eigenvalue weighted by atomic mass is 10.1. The van der Waals surface area contributed by atoms with E-state index in [9.17, 15) is 14.9 Å². The molecule has 4 rings (SSSR count). The van der Waals surface area contributed by atoms with Gasteiger partial charge in [-0.3, -0.25) is 14.9 Å². The molecule has 6 nitrogen and oxygen atoms in total. The quantitative estimate of drug-likeness (QED) is 0.343. The van der Waals surface area contributed by atoms with Crippen LogP contribution in [0.25, 0.3) is 20.3 Å². The van der Waals surface area contributed by atoms with Crippen molar-refractivity contribution < 1.29 is 9.72 Å². The lowest BCUT2D eigenvalue weighted by Gasteiger charge is -2.03. The third-order valence-corrected chi connectivity index (χ3v) is 6.88. The first kappa shape index (κ1) is 18.5. The summed E-state index contributed by atoms with van der Waals surface area (Å²) < 4.78 is 4.01. The summed E-state index contributed by atoms with van der Waals surface area (Å²) in [5, 5.41) is 11.6. The van der Waals surface area contributed by atoms with Crippen LogP contribution >= 0.6 is 22.7 Å². The van der Waals surface area contributed by atoms with Crippen molar-refractivity contribution >= 4 is 54.6 Å². The number of aromatic nitrogens is 1. The zero-order valence-electron chi connectivity index (χ0n) is 15.6. The maximum Gasteiger partial charge on any atom is 0.289 e. The minimum absolute atomic E-state index is 0.0143. The molecule has 0 aliphatic heterocycles. The number of carbonyl (C=O) groups is 1. The molecule has 0 radical (unpaired) electrons. The molecule has 28 heavy (non-hydrogen) atoms. The van der Waals surface area contributed by atoms with Gasteiger partial charge in [-0.15, -0.1) is 11.3 Å². The van der Waals surface area contributed by atoms with Crippen molar-refractivity contribution in [1.29, 1.82) is 0 Å². The predicted octanol–water partition coefficient (Wildman–Crippen LogP) is 5.20. The molecule has 0 atom stereocenters. The summed E-state index contributed by atoms with van der Waals surface area (Å²) in [5.74, 6) is -0.327. The first-order chi connectivity index (χ1) is 13.4. The van der Waals surface area contributed by atoms with E-state index in [0.717, 1.165) is 14.9 Å². The highest BCUT2D eigenvalue weighted by Gasteiger charge is 2.14. The van der Waals surface area contributed by atoms with Crippen LogP contribution in [-0.2, 0) is 6.54 Å². The summed E-state index contributed by atoms with van der Waals surface area (Å²) in [6.07, 6.45) is 0. The SMILES string of the molecule is CCn1c(=NC(=O)c2cc3cc([N+](=O)[O-])ccc3s2)sc2c(C)cc(C)cc21. The number of hydrogen-bond acceptors (Lipinski definition) is 5. The number of fused-ring (bicyclic) bond motifs is 2. The number of amides is 1.